The molecule has 0 unspecified atom stereocenters. The molecule has 4 rings (SSSR count). The summed E-state index contributed by atoms with van der Waals surface area (Å²) in [5, 5.41) is 0. The number of rotatable bonds is 6. The number of hydrogen-bond donors (Lipinski definition) is 1. The molecule has 0 amide bonds. The normalized spacial score (nSPS) is 14.9. The minimum Gasteiger partial charge on any atom is -0.467 e. The standard InChI is InChI=1S/C17H20N6O6S/c1-22-12-9-11(3-4-13(12)29-17(22)24)30(25,26)18-10-14-19-15(21-16(20-14)27-2)23-5-7-28-8-6-23/h3-4,9,18H,5-8,10H2,1-2H3. The van der Waals surface area contributed by atoms with Crippen molar-refractivity contribution in [3.05, 3.63) is 34.6 Å². The van der Waals surface area contributed by atoms with Gasteiger partial charge in [-0.15, -0.1) is 0 Å². The molecule has 0 aliphatic carbocycles. The molecular formula is C17H20N6O6S. The molecule has 1 aliphatic rings. The maximum Gasteiger partial charge on any atom is 0.419 e. The number of methoxy groups -OCH3 is 1. The number of benzene rings is 1. The van der Waals surface area contributed by atoms with E-state index in [1.54, 1.807) is 0 Å². The Labute approximate surface area is 171 Å². The smallest absolute Gasteiger partial charge is 0.419 e. The van der Waals surface area contributed by atoms with Crippen LogP contribution in [-0.4, -0.2) is 61.3 Å². The monoisotopic (exact) mass is 436 g/mol. The fourth-order valence-corrected chi connectivity index (χ4v) is 3.98. The topological polar surface area (TPSA) is 142 Å². The van der Waals surface area contributed by atoms with E-state index in [0.717, 1.165) is 0 Å². The van der Waals surface area contributed by atoms with Crippen LogP contribution in [0, 0.1) is 0 Å². The van der Waals surface area contributed by atoms with E-state index in [1.807, 2.05) is 4.90 Å². The lowest BCUT2D eigenvalue weighted by atomic mass is 10.3. The van der Waals surface area contributed by atoms with Gasteiger partial charge in [-0.3, -0.25) is 4.57 Å². The Morgan fingerprint density at radius 3 is 2.70 bits per heavy atom. The van der Waals surface area contributed by atoms with Gasteiger partial charge in [-0.05, 0) is 18.2 Å². The van der Waals surface area contributed by atoms with Gasteiger partial charge in [-0.1, -0.05) is 0 Å². The van der Waals surface area contributed by atoms with E-state index >= 15 is 0 Å². The van der Waals surface area contributed by atoms with Crippen LogP contribution in [0.5, 0.6) is 6.01 Å². The third-order valence-corrected chi connectivity index (χ3v) is 6.02. The second-order valence-corrected chi connectivity index (χ2v) is 8.29. The summed E-state index contributed by atoms with van der Waals surface area (Å²) in [5.41, 5.74) is 0.679. The van der Waals surface area contributed by atoms with Gasteiger partial charge in [0.2, 0.25) is 16.0 Å². The number of nitrogens with zero attached hydrogens (tertiary/aromatic N) is 5. The van der Waals surface area contributed by atoms with Gasteiger partial charge >= 0.3 is 11.8 Å². The summed E-state index contributed by atoms with van der Waals surface area (Å²) in [4.78, 5) is 26.2. The summed E-state index contributed by atoms with van der Waals surface area (Å²) in [6, 6.07) is 4.26. The van der Waals surface area contributed by atoms with E-state index in [0.29, 0.717) is 43.4 Å². The SMILES string of the molecule is COc1nc(CNS(=O)(=O)c2ccc3oc(=O)n(C)c3c2)nc(N2CCOCC2)n1. The largest absolute Gasteiger partial charge is 0.467 e. The van der Waals surface area contributed by atoms with Gasteiger partial charge < -0.3 is 18.8 Å². The van der Waals surface area contributed by atoms with E-state index in [-0.39, 0.29) is 23.3 Å². The molecule has 1 N–H and O–H groups in total. The van der Waals surface area contributed by atoms with Crippen LogP contribution in [0.15, 0.2) is 32.3 Å². The Kier molecular flexibility index (Phi) is 5.40. The maximum absolute atomic E-state index is 12.7. The molecule has 13 heteroatoms. The summed E-state index contributed by atoms with van der Waals surface area (Å²) in [6.45, 7) is 2.16. The number of ether oxygens (including phenoxy) is 2. The Morgan fingerprint density at radius 2 is 1.97 bits per heavy atom. The summed E-state index contributed by atoms with van der Waals surface area (Å²) >= 11 is 0. The molecule has 1 aliphatic heterocycles. The summed E-state index contributed by atoms with van der Waals surface area (Å²) in [5.74, 6) is 0.0401. The first-order valence-corrected chi connectivity index (χ1v) is 10.6. The molecule has 1 saturated heterocycles. The van der Waals surface area contributed by atoms with Crippen molar-refractivity contribution in [2.45, 2.75) is 11.4 Å². The minimum atomic E-state index is -3.90. The molecule has 3 aromatic rings. The van der Waals surface area contributed by atoms with E-state index in [1.165, 1.54) is 36.9 Å². The highest BCUT2D eigenvalue weighted by molar-refractivity contribution is 7.89. The van der Waals surface area contributed by atoms with Crippen molar-refractivity contribution in [2.24, 2.45) is 7.05 Å². The van der Waals surface area contributed by atoms with Gasteiger partial charge in [0.25, 0.3) is 0 Å². The molecule has 0 bridgehead atoms. The van der Waals surface area contributed by atoms with E-state index < -0.39 is 15.8 Å². The Balaban J connectivity index is 1.57. The average Bonchev–Trinajstić information content (AvgIpc) is 3.06. The molecule has 0 saturated carbocycles. The highest BCUT2D eigenvalue weighted by atomic mass is 32.2. The van der Waals surface area contributed by atoms with Crippen LogP contribution in [0.4, 0.5) is 5.95 Å². The van der Waals surface area contributed by atoms with Crippen molar-refractivity contribution in [1.82, 2.24) is 24.2 Å². The second kappa shape index (κ2) is 8.01. The van der Waals surface area contributed by atoms with Crippen LogP contribution in [-0.2, 0) is 28.4 Å². The molecule has 0 atom stereocenters. The fourth-order valence-electron chi connectivity index (χ4n) is 2.98. The van der Waals surface area contributed by atoms with Crippen molar-refractivity contribution < 1.29 is 22.3 Å². The molecule has 12 nitrogen and oxygen atoms in total. The van der Waals surface area contributed by atoms with Gasteiger partial charge in [0, 0.05) is 20.1 Å². The van der Waals surface area contributed by atoms with Crippen LogP contribution >= 0.6 is 0 Å². The van der Waals surface area contributed by atoms with Crippen molar-refractivity contribution >= 4 is 27.1 Å². The quantitative estimate of drug-likeness (QED) is 0.544. The second-order valence-electron chi connectivity index (χ2n) is 6.52. The molecule has 0 spiro atoms. The van der Waals surface area contributed by atoms with Gasteiger partial charge in [0.1, 0.15) is 0 Å². The number of fused-ring (bicyclic) bond motifs is 1. The number of morpholine rings is 1. The van der Waals surface area contributed by atoms with Gasteiger partial charge in [0.05, 0.1) is 37.3 Å². The molecule has 1 aromatic carbocycles. The number of aryl methyl sites for hydroxylation is 1. The van der Waals surface area contributed by atoms with Crippen LogP contribution in [0.25, 0.3) is 11.1 Å². The molecule has 30 heavy (non-hydrogen) atoms. The molecule has 1 fully saturated rings. The van der Waals surface area contributed by atoms with Crippen molar-refractivity contribution in [2.75, 3.05) is 38.3 Å². The lowest BCUT2D eigenvalue weighted by Crippen LogP contribution is -2.37. The van der Waals surface area contributed by atoms with Crippen molar-refractivity contribution in [3.8, 4) is 6.01 Å². The number of hydrogen-bond acceptors (Lipinski definition) is 10. The summed E-state index contributed by atoms with van der Waals surface area (Å²) in [7, 11) is -0.967. The number of sulfonamides is 1. The molecule has 3 heterocycles. The van der Waals surface area contributed by atoms with Crippen molar-refractivity contribution in [3.63, 3.8) is 0 Å². The number of nitrogens with one attached hydrogen (secondary N) is 1. The lowest BCUT2D eigenvalue weighted by Gasteiger charge is -2.26. The fraction of sp³-hybridized carbons (Fsp3) is 0.412. The van der Waals surface area contributed by atoms with E-state index in [2.05, 4.69) is 19.7 Å². The predicted octanol–water partition coefficient (Wildman–Crippen LogP) is -0.360. The third kappa shape index (κ3) is 3.99. The first kappa shape index (κ1) is 20.3. The highest BCUT2D eigenvalue weighted by Gasteiger charge is 2.20. The minimum absolute atomic E-state index is 0.0131. The zero-order chi connectivity index (χ0) is 21.3. The number of anilines is 1. The van der Waals surface area contributed by atoms with Crippen LogP contribution in [0.3, 0.4) is 0 Å². The first-order chi connectivity index (χ1) is 14.4. The summed E-state index contributed by atoms with van der Waals surface area (Å²) < 4.78 is 44.7. The van der Waals surface area contributed by atoms with E-state index in [9.17, 15) is 13.2 Å². The average molecular weight is 436 g/mol. The number of oxazole rings is 1. The first-order valence-electron chi connectivity index (χ1n) is 9.08. The van der Waals surface area contributed by atoms with Crippen molar-refractivity contribution in [1.29, 1.82) is 0 Å². The molecular weight excluding hydrogens is 416 g/mol. The predicted molar refractivity (Wildman–Crippen MR) is 105 cm³/mol. The highest BCUT2D eigenvalue weighted by Crippen LogP contribution is 2.19. The maximum atomic E-state index is 12.7. The summed E-state index contributed by atoms with van der Waals surface area (Å²) in [6.07, 6.45) is 0. The Bertz CT molecular complexity index is 1230. The zero-order valence-corrected chi connectivity index (χ0v) is 17.2. The Hall–Kier alpha value is -3.03. The van der Waals surface area contributed by atoms with Gasteiger partial charge in [0.15, 0.2) is 11.4 Å². The third-order valence-electron chi connectivity index (χ3n) is 4.62. The molecule has 0 radical (unpaired) electrons. The zero-order valence-electron chi connectivity index (χ0n) is 16.4. The molecule has 2 aromatic heterocycles. The number of aromatic nitrogens is 4. The van der Waals surface area contributed by atoms with E-state index in [4.69, 9.17) is 13.9 Å². The lowest BCUT2D eigenvalue weighted by molar-refractivity contribution is 0.122. The van der Waals surface area contributed by atoms with Gasteiger partial charge in [-0.25, -0.2) is 17.9 Å². The molecule has 160 valence electrons. The van der Waals surface area contributed by atoms with Gasteiger partial charge in [-0.2, -0.15) is 15.0 Å². The van der Waals surface area contributed by atoms with Crippen LogP contribution < -0.4 is 20.1 Å². The van der Waals surface area contributed by atoms with Crippen LogP contribution in [0.2, 0.25) is 0 Å². The Morgan fingerprint density at radius 1 is 1.20 bits per heavy atom. The van der Waals surface area contributed by atoms with Crippen LogP contribution in [0.1, 0.15) is 5.82 Å².